The summed E-state index contributed by atoms with van der Waals surface area (Å²) in [6.45, 7) is 2.07. The number of amides is 1. The molecule has 0 aliphatic carbocycles. The second kappa shape index (κ2) is 9.84. The molecule has 0 saturated carbocycles. The lowest BCUT2D eigenvalue weighted by Gasteiger charge is -2.26. The number of methoxy groups -OCH3 is 1. The van der Waals surface area contributed by atoms with Crippen LogP contribution in [0.2, 0.25) is 5.02 Å². The van der Waals surface area contributed by atoms with Crippen molar-refractivity contribution >= 4 is 35.5 Å². The molecule has 2 aromatic rings. The van der Waals surface area contributed by atoms with E-state index in [9.17, 15) is 9.59 Å². The first-order valence-electron chi connectivity index (χ1n) is 9.98. The van der Waals surface area contributed by atoms with E-state index in [1.807, 2.05) is 0 Å². The summed E-state index contributed by atoms with van der Waals surface area (Å²) in [5, 5.41) is 0.579. The molecule has 0 atom stereocenters. The van der Waals surface area contributed by atoms with Gasteiger partial charge in [0.1, 0.15) is 0 Å². The fourth-order valence-electron chi connectivity index (χ4n) is 3.22. The molecule has 2 aromatic carbocycles. The zero-order valence-corrected chi connectivity index (χ0v) is 18.1. The van der Waals surface area contributed by atoms with E-state index < -0.39 is 5.97 Å². The van der Waals surface area contributed by atoms with Gasteiger partial charge in [-0.1, -0.05) is 17.7 Å². The quantitative estimate of drug-likeness (QED) is 0.490. The number of hydrogen-bond acceptors (Lipinski definition) is 7. The van der Waals surface area contributed by atoms with E-state index in [0.717, 1.165) is 0 Å². The highest BCUT2D eigenvalue weighted by Crippen LogP contribution is 2.30. The normalized spacial score (nSPS) is 17.2. The smallest absolute Gasteiger partial charge is 0.363 e. The second-order valence-corrected chi connectivity index (χ2v) is 7.47. The van der Waals surface area contributed by atoms with Gasteiger partial charge in [-0.3, -0.25) is 4.79 Å². The van der Waals surface area contributed by atoms with Crippen LogP contribution >= 0.6 is 11.6 Å². The highest BCUT2D eigenvalue weighted by Gasteiger charge is 2.24. The van der Waals surface area contributed by atoms with Crippen LogP contribution in [0.3, 0.4) is 0 Å². The number of esters is 1. The Hall–Kier alpha value is -3.36. The minimum atomic E-state index is -0.551. The molecule has 9 heteroatoms. The molecule has 4 rings (SSSR count). The summed E-state index contributed by atoms with van der Waals surface area (Å²) in [6, 6.07) is 12.0. The van der Waals surface area contributed by atoms with Crippen LogP contribution in [0.15, 0.2) is 53.2 Å². The van der Waals surface area contributed by atoms with E-state index in [1.165, 1.54) is 7.11 Å². The number of hydrogen-bond donors (Lipinski definition) is 0. The van der Waals surface area contributed by atoms with Crippen LogP contribution in [0.5, 0.6) is 11.5 Å². The van der Waals surface area contributed by atoms with Crippen molar-refractivity contribution < 1.29 is 28.5 Å². The van der Waals surface area contributed by atoms with E-state index in [0.29, 0.717) is 54.0 Å². The maximum atomic E-state index is 12.3. The third kappa shape index (κ3) is 5.09. The Morgan fingerprint density at radius 2 is 1.91 bits per heavy atom. The predicted octanol–water partition coefficient (Wildman–Crippen LogP) is 2.93. The molecule has 2 heterocycles. The molecule has 166 valence electrons. The lowest BCUT2D eigenvalue weighted by atomic mass is 10.1. The van der Waals surface area contributed by atoms with Crippen molar-refractivity contribution in [3.05, 3.63) is 64.3 Å². The summed E-state index contributed by atoms with van der Waals surface area (Å²) < 4.78 is 21.6. The molecule has 0 radical (unpaired) electrons. The monoisotopic (exact) mass is 456 g/mol. The van der Waals surface area contributed by atoms with Crippen molar-refractivity contribution in [2.75, 3.05) is 40.0 Å². The average Bonchev–Trinajstić information content (AvgIpc) is 3.18. The van der Waals surface area contributed by atoms with E-state index in [4.69, 9.17) is 30.5 Å². The summed E-state index contributed by atoms with van der Waals surface area (Å²) in [5.41, 5.74) is 1.48. The number of cyclic esters (lactones) is 1. The summed E-state index contributed by atoms with van der Waals surface area (Å²) in [7, 11) is 1.50. The number of ether oxygens (including phenoxy) is 4. The Labute approximate surface area is 190 Å². The third-order valence-corrected chi connectivity index (χ3v) is 5.17. The van der Waals surface area contributed by atoms with Gasteiger partial charge in [-0.05, 0) is 48.0 Å². The zero-order chi connectivity index (χ0) is 22.5. The first kappa shape index (κ1) is 21.9. The summed E-state index contributed by atoms with van der Waals surface area (Å²) in [6.07, 6.45) is 1.59. The summed E-state index contributed by atoms with van der Waals surface area (Å²) in [4.78, 5) is 30.5. The molecule has 0 unspecified atom stereocenters. The lowest BCUT2D eigenvalue weighted by molar-refractivity contribution is -0.137. The Balaban J connectivity index is 1.47. The van der Waals surface area contributed by atoms with E-state index in [2.05, 4.69) is 4.99 Å². The molecule has 2 aliphatic heterocycles. The average molecular weight is 457 g/mol. The number of carbonyl (C=O) groups excluding carboxylic acids is 2. The Morgan fingerprint density at radius 1 is 1.16 bits per heavy atom. The molecule has 0 bridgehead atoms. The summed E-state index contributed by atoms with van der Waals surface area (Å²) >= 11 is 5.90. The molecular weight excluding hydrogens is 436 g/mol. The van der Waals surface area contributed by atoms with E-state index in [-0.39, 0.29) is 24.1 Å². The Morgan fingerprint density at radius 3 is 2.62 bits per heavy atom. The molecular formula is C23H21ClN2O6. The van der Waals surface area contributed by atoms with Gasteiger partial charge in [-0.2, -0.15) is 0 Å². The Kier molecular flexibility index (Phi) is 6.72. The van der Waals surface area contributed by atoms with Gasteiger partial charge >= 0.3 is 5.97 Å². The molecule has 8 nitrogen and oxygen atoms in total. The van der Waals surface area contributed by atoms with Crippen LogP contribution in [-0.2, 0) is 19.1 Å². The van der Waals surface area contributed by atoms with Crippen molar-refractivity contribution in [2.24, 2.45) is 4.99 Å². The van der Waals surface area contributed by atoms with Gasteiger partial charge in [-0.15, -0.1) is 0 Å². The molecule has 2 aliphatic rings. The minimum Gasteiger partial charge on any atom is -0.493 e. The van der Waals surface area contributed by atoms with Crippen LogP contribution in [0.4, 0.5) is 0 Å². The highest BCUT2D eigenvalue weighted by molar-refractivity contribution is 6.30. The van der Waals surface area contributed by atoms with Gasteiger partial charge in [0.15, 0.2) is 23.8 Å². The zero-order valence-electron chi connectivity index (χ0n) is 17.4. The SMILES string of the molecule is COc1cc(/C=C2\N=C(c3ccc(Cl)cc3)OC2=O)ccc1OCC(=O)N1CCOCC1. The fraction of sp³-hybridized carbons (Fsp3) is 0.261. The number of carbonyl (C=O) groups is 2. The van der Waals surface area contributed by atoms with Crippen LogP contribution in [0.25, 0.3) is 6.08 Å². The Bertz CT molecular complexity index is 1070. The van der Waals surface area contributed by atoms with Crippen molar-refractivity contribution in [1.29, 1.82) is 0 Å². The van der Waals surface area contributed by atoms with Crippen molar-refractivity contribution in [1.82, 2.24) is 4.90 Å². The van der Waals surface area contributed by atoms with Gasteiger partial charge in [0.05, 0.1) is 20.3 Å². The second-order valence-electron chi connectivity index (χ2n) is 7.04. The molecule has 1 saturated heterocycles. The number of morpholine rings is 1. The van der Waals surface area contributed by atoms with Crippen LogP contribution in [0.1, 0.15) is 11.1 Å². The van der Waals surface area contributed by atoms with Crippen molar-refractivity contribution in [3.8, 4) is 11.5 Å². The molecule has 32 heavy (non-hydrogen) atoms. The maximum absolute atomic E-state index is 12.3. The first-order valence-corrected chi connectivity index (χ1v) is 10.4. The van der Waals surface area contributed by atoms with Crippen LogP contribution < -0.4 is 9.47 Å². The molecule has 0 aromatic heterocycles. The number of halogens is 1. The first-order chi connectivity index (χ1) is 15.5. The molecule has 1 fully saturated rings. The van der Waals surface area contributed by atoms with Gasteiger partial charge < -0.3 is 23.8 Å². The highest BCUT2D eigenvalue weighted by atomic mass is 35.5. The predicted molar refractivity (Wildman–Crippen MR) is 118 cm³/mol. The van der Waals surface area contributed by atoms with Crippen LogP contribution in [0, 0.1) is 0 Å². The van der Waals surface area contributed by atoms with Crippen LogP contribution in [-0.4, -0.2) is 62.7 Å². The number of rotatable bonds is 6. The van der Waals surface area contributed by atoms with Gasteiger partial charge in [-0.25, -0.2) is 9.79 Å². The molecule has 1 amide bonds. The largest absolute Gasteiger partial charge is 0.493 e. The van der Waals surface area contributed by atoms with Gasteiger partial charge in [0.2, 0.25) is 5.90 Å². The molecule has 0 spiro atoms. The van der Waals surface area contributed by atoms with E-state index >= 15 is 0 Å². The van der Waals surface area contributed by atoms with Gasteiger partial charge in [0.25, 0.3) is 5.91 Å². The van der Waals surface area contributed by atoms with Crippen molar-refractivity contribution in [3.63, 3.8) is 0 Å². The standard InChI is InChI=1S/C23H21ClN2O6/c1-29-20-13-15(2-7-19(20)31-14-21(27)26-8-10-30-11-9-26)12-18-23(28)32-22(25-18)16-3-5-17(24)6-4-16/h2-7,12-13H,8-11,14H2,1H3/b18-12-. The summed E-state index contributed by atoms with van der Waals surface area (Å²) in [5.74, 6) is 0.411. The topological polar surface area (TPSA) is 86.7 Å². The van der Waals surface area contributed by atoms with Gasteiger partial charge in [0, 0.05) is 23.7 Å². The maximum Gasteiger partial charge on any atom is 0.363 e. The van der Waals surface area contributed by atoms with Crippen molar-refractivity contribution in [2.45, 2.75) is 0 Å². The minimum absolute atomic E-state index is 0.0993. The number of nitrogens with zero attached hydrogens (tertiary/aromatic N) is 2. The van der Waals surface area contributed by atoms with E-state index in [1.54, 1.807) is 53.4 Å². The lowest BCUT2D eigenvalue weighted by Crippen LogP contribution is -2.43. The third-order valence-electron chi connectivity index (χ3n) is 4.92. The fourth-order valence-corrected chi connectivity index (χ4v) is 3.35. The number of benzene rings is 2. The molecule has 0 N–H and O–H groups in total. The number of aliphatic imine (C=N–C) groups is 1.